The third-order valence-corrected chi connectivity index (χ3v) is 3.09. The van der Waals surface area contributed by atoms with Crippen molar-refractivity contribution in [2.45, 2.75) is 45.6 Å². The van der Waals surface area contributed by atoms with Crippen molar-refractivity contribution >= 4 is 5.84 Å². The zero-order chi connectivity index (χ0) is 10.6. The van der Waals surface area contributed by atoms with Gasteiger partial charge in [0, 0.05) is 11.5 Å². The topological polar surface area (TPSA) is 70.6 Å². The van der Waals surface area contributed by atoms with Crippen LogP contribution in [-0.4, -0.2) is 23.6 Å². The maximum absolute atomic E-state index is 8.58. The Bertz CT molecular complexity index is 209. The van der Waals surface area contributed by atoms with Gasteiger partial charge in [-0.3, -0.25) is 0 Å². The molecule has 4 N–H and O–H groups in total. The van der Waals surface area contributed by atoms with Crippen molar-refractivity contribution in [1.29, 1.82) is 0 Å². The lowest BCUT2D eigenvalue weighted by molar-refractivity contribution is 0.297. The molecule has 1 saturated carbocycles. The average Bonchev–Trinajstić information content (AvgIpc) is 2.08. The molecule has 0 aromatic rings. The van der Waals surface area contributed by atoms with E-state index in [0.717, 1.165) is 13.0 Å². The van der Waals surface area contributed by atoms with Gasteiger partial charge in [-0.25, -0.2) is 0 Å². The van der Waals surface area contributed by atoms with E-state index in [1.807, 2.05) is 13.8 Å². The Morgan fingerprint density at radius 1 is 1.57 bits per heavy atom. The van der Waals surface area contributed by atoms with Gasteiger partial charge in [-0.2, -0.15) is 0 Å². The molecule has 1 fully saturated rings. The second kappa shape index (κ2) is 4.64. The molecule has 0 aromatic carbocycles. The zero-order valence-corrected chi connectivity index (χ0v) is 9.08. The highest BCUT2D eigenvalue weighted by Gasteiger charge is 2.24. The lowest BCUT2D eigenvalue weighted by Crippen LogP contribution is -2.40. The predicted molar refractivity (Wildman–Crippen MR) is 57.4 cm³/mol. The summed E-state index contributed by atoms with van der Waals surface area (Å²) in [6, 6.07) is 0.707. The summed E-state index contributed by atoms with van der Waals surface area (Å²) >= 11 is 0. The first-order chi connectivity index (χ1) is 6.56. The molecule has 0 bridgehead atoms. The van der Waals surface area contributed by atoms with Gasteiger partial charge in [-0.15, -0.1) is 0 Å². The minimum absolute atomic E-state index is 0.217. The molecule has 0 saturated heterocycles. The van der Waals surface area contributed by atoms with Crippen molar-refractivity contribution in [3.8, 4) is 0 Å². The Morgan fingerprint density at radius 2 is 2.21 bits per heavy atom. The van der Waals surface area contributed by atoms with Crippen LogP contribution in [0, 0.1) is 5.41 Å². The molecular weight excluding hydrogens is 178 g/mol. The number of nitrogens with one attached hydrogen (secondary N) is 1. The Kier molecular flexibility index (Phi) is 3.75. The van der Waals surface area contributed by atoms with Crippen LogP contribution < -0.4 is 11.1 Å². The highest BCUT2D eigenvalue weighted by molar-refractivity contribution is 5.85. The molecule has 0 atom stereocenters. The molecule has 82 valence electrons. The van der Waals surface area contributed by atoms with Crippen LogP contribution in [0.3, 0.4) is 0 Å². The Labute approximate surface area is 85.6 Å². The zero-order valence-electron chi connectivity index (χ0n) is 9.08. The minimum Gasteiger partial charge on any atom is -0.409 e. The fraction of sp³-hybridized carbons (Fsp3) is 0.900. The number of hydrogen-bond donors (Lipinski definition) is 3. The van der Waals surface area contributed by atoms with E-state index in [1.165, 1.54) is 19.3 Å². The molecule has 14 heavy (non-hydrogen) atoms. The van der Waals surface area contributed by atoms with Gasteiger partial charge in [0.05, 0.1) is 0 Å². The summed E-state index contributed by atoms with van der Waals surface area (Å²) in [7, 11) is 0. The summed E-state index contributed by atoms with van der Waals surface area (Å²) in [6.07, 6.45) is 4.84. The van der Waals surface area contributed by atoms with Crippen LogP contribution in [0.5, 0.6) is 0 Å². The molecular formula is C10H21N3O. The van der Waals surface area contributed by atoms with Crippen LogP contribution in [0.1, 0.15) is 39.5 Å². The lowest BCUT2D eigenvalue weighted by Gasteiger charge is -2.29. The highest BCUT2D eigenvalue weighted by Crippen LogP contribution is 2.21. The summed E-state index contributed by atoms with van der Waals surface area (Å²) in [5, 5.41) is 15.1. The smallest absolute Gasteiger partial charge is 0.144 e. The monoisotopic (exact) mass is 199 g/mol. The first-order valence-electron chi connectivity index (χ1n) is 5.27. The highest BCUT2D eigenvalue weighted by atomic mass is 16.4. The first-order valence-corrected chi connectivity index (χ1v) is 5.27. The molecule has 0 aromatic heterocycles. The van der Waals surface area contributed by atoms with E-state index in [9.17, 15) is 0 Å². The van der Waals surface area contributed by atoms with Crippen LogP contribution in [0.4, 0.5) is 0 Å². The van der Waals surface area contributed by atoms with Crippen LogP contribution >= 0.6 is 0 Å². The fourth-order valence-electron chi connectivity index (χ4n) is 1.46. The van der Waals surface area contributed by atoms with Gasteiger partial charge >= 0.3 is 0 Å². The summed E-state index contributed by atoms with van der Waals surface area (Å²) in [5.74, 6) is 0.313. The van der Waals surface area contributed by atoms with Crippen molar-refractivity contribution in [3.05, 3.63) is 0 Å². The standard InChI is InChI=1S/C10H21N3O/c1-10(2,9(11)13-14)6-7-12-8-4-3-5-8/h8,12,14H,3-7H2,1-2H3,(H2,11,13). The molecule has 1 rings (SSSR count). The maximum Gasteiger partial charge on any atom is 0.144 e. The van der Waals surface area contributed by atoms with Crippen LogP contribution in [0.25, 0.3) is 0 Å². The summed E-state index contributed by atoms with van der Waals surface area (Å²) in [5.41, 5.74) is 5.37. The Hall–Kier alpha value is -0.770. The second-order valence-electron chi connectivity index (χ2n) is 4.70. The Morgan fingerprint density at radius 3 is 2.64 bits per heavy atom. The maximum atomic E-state index is 8.58. The molecule has 0 heterocycles. The number of hydrogen-bond acceptors (Lipinski definition) is 3. The molecule has 1 aliphatic carbocycles. The van der Waals surface area contributed by atoms with Crippen molar-refractivity contribution in [3.63, 3.8) is 0 Å². The van der Waals surface area contributed by atoms with Crippen molar-refractivity contribution in [2.24, 2.45) is 16.3 Å². The number of oxime groups is 1. The van der Waals surface area contributed by atoms with E-state index in [0.29, 0.717) is 11.9 Å². The first kappa shape index (κ1) is 11.3. The molecule has 1 aliphatic rings. The van der Waals surface area contributed by atoms with E-state index in [4.69, 9.17) is 10.9 Å². The van der Waals surface area contributed by atoms with E-state index < -0.39 is 0 Å². The van der Waals surface area contributed by atoms with Gasteiger partial charge in [-0.1, -0.05) is 25.4 Å². The quantitative estimate of drug-likeness (QED) is 0.270. The van der Waals surface area contributed by atoms with Crippen molar-refractivity contribution in [1.82, 2.24) is 5.32 Å². The molecule has 0 spiro atoms. The second-order valence-corrected chi connectivity index (χ2v) is 4.70. The minimum atomic E-state index is -0.217. The summed E-state index contributed by atoms with van der Waals surface area (Å²) in [4.78, 5) is 0. The summed E-state index contributed by atoms with van der Waals surface area (Å²) in [6.45, 7) is 4.92. The lowest BCUT2D eigenvalue weighted by atomic mass is 9.87. The van der Waals surface area contributed by atoms with E-state index in [2.05, 4.69) is 10.5 Å². The number of nitrogens with zero attached hydrogens (tertiary/aromatic N) is 1. The SMILES string of the molecule is CC(C)(CCNC1CCC1)C(N)=NO. The van der Waals surface area contributed by atoms with Crippen LogP contribution in [0.15, 0.2) is 5.16 Å². The van der Waals surface area contributed by atoms with Gasteiger partial charge in [0.2, 0.25) is 0 Å². The molecule has 0 unspecified atom stereocenters. The third-order valence-electron chi connectivity index (χ3n) is 3.09. The normalized spacial score (nSPS) is 19.4. The molecule has 0 radical (unpaired) electrons. The largest absolute Gasteiger partial charge is 0.409 e. The van der Waals surface area contributed by atoms with Crippen molar-refractivity contribution < 1.29 is 5.21 Å². The van der Waals surface area contributed by atoms with Crippen LogP contribution in [0.2, 0.25) is 0 Å². The third kappa shape index (κ3) is 2.87. The van der Waals surface area contributed by atoms with Crippen molar-refractivity contribution in [2.75, 3.05) is 6.54 Å². The van der Waals surface area contributed by atoms with Crippen LogP contribution in [-0.2, 0) is 0 Å². The summed E-state index contributed by atoms with van der Waals surface area (Å²) < 4.78 is 0. The van der Waals surface area contributed by atoms with Gasteiger partial charge in [0.25, 0.3) is 0 Å². The molecule has 4 nitrogen and oxygen atoms in total. The fourth-order valence-corrected chi connectivity index (χ4v) is 1.46. The number of amidine groups is 1. The van der Waals surface area contributed by atoms with Gasteiger partial charge in [0.1, 0.15) is 5.84 Å². The van der Waals surface area contributed by atoms with Gasteiger partial charge < -0.3 is 16.3 Å². The molecule has 0 aliphatic heterocycles. The number of nitrogens with two attached hydrogens (primary N) is 1. The van der Waals surface area contributed by atoms with Gasteiger partial charge in [0.15, 0.2) is 0 Å². The average molecular weight is 199 g/mol. The van der Waals surface area contributed by atoms with E-state index >= 15 is 0 Å². The van der Waals surface area contributed by atoms with Gasteiger partial charge in [-0.05, 0) is 25.8 Å². The van der Waals surface area contributed by atoms with E-state index in [1.54, 1.807) is 0 Å². The number of rotatable bonds is 5. The predicted octanol–water partition coefficient (Wildman–Crippen LogP) is 1.29. The van der Waals surface area contributed by atoms with E-state index in [-0.39, 0.29) is 5.41 Å². The molecule has 4 heteroatoms. The molecule has 0 amide bonds. The Balaban J connectivity index is 2.21.